The lowest BCUT2D eigenvalue weighted by Crippen LogP contribution is -2.47. The summed E-state index contributed by atoms with van der Waals surface area (Å²) in [6.07, 6.45) is 2.77. The van der Waals surface area contributed by atoms with Gasteiger partial charge in [0.2, 0.25) is 0 Å². The van der Waals surface area contributed by atoms with Crippen LogP contribution in [0.5, 0.6) is 0 Å². The predicted octanol–water partition coefficient (Wildman–Crippen LogP) is 3.85. The summed E-state index contributed by atoms with van der Waals surface area (Å²) >= 11 is 5.18. The van der Waals surface area contributed by atoms with Gasteiger partial charge in [-0.1, -0.05) is 13.8 Å². The van der Waals surface area contributed by atoms with Crippen molar-refractivity contribution in [3.8, 4) is 0 Å². The first kappa shape index (κ1) is 11.6. The normalized spacial score (nSPS) is 30.6. The lowest BCUT2D eigenvalue weighted by Gasteiger charge is -2.45. The molecule has 0 unspecified atom stereocenters. The Labute approximate surface area is 104 Å². The monoisotopic (exact) mass is 288 g/mol. The van der Waals surface area contributed by atoms with E-state index in [1.165, 1.54) is 4.88 Å². The Morgan fingerprint density at radius 3 is 2.67 bits per heavy atom. The van der Waals surface area contributed by atoms with Gasteiger partial charge < -0.3 is 5.11 Å². The molecule has 1 aromatic heterocycles. The van der Waals surface area contributed by atoms with Crippen LogP contribution in [0.15, 0.2) is 15.9 Å². The van der Waals surface area contributed by atoms with Crippen LogP contribution in [0.25, 0.3) is 0 Å². The van der Waals surface area contributed by atoms with E-state index < -0.39 is 5.60 Å². The molecule has 0 amide bonds. The van der Waals surface area contributed by atoms with Crippen LogP contribution in [0.1, 0.15) is 31.6 Å². The zero-order valence-electron chi connectivity index (χ0n) is 9.16. The number of halogens is 1. The van der Waals surface area contributed by atoms with Crippen LogP contribution in [0.3, 0.4) is 0 Å². The van der Waals surface area contributed by atoms with Crippen molar-refractivity contribution in [3.63, 3.8) is 0 Å². The zero-order valence-corrected chi connectivity index (χ0v) is 11.6. The average Bonchev–Trinajstić information content (AvgIpc) is 2.46. The lowest BCUT2D eigenvalue weighted by atomic mass is 9.65. The van der Waals surface area contributed by atoms with Crippen molar-refractivity contribution in [2.75, 3.05) is 0 Å². The van der Waals surface area contributed by atoms with Gasteiger partial charge in [0.05, 0.1) is 9.39 Å². The lowest BCUT2D eigenvalue weighted by molar-refractivity contribution is -0.0854. The maximum absolute atomic E-state index is 10.3. The molecule has 1 nitrogen and oxygen atoms in total. The first-order chi connectivity index (χ1) is 6.98. The highest BCUT2D eigenvalue weighted by Crippen LogP contribution is 2.44. The average molecular weight is 289 g/mol. The molecule has 0 spiro atoms. The second kappa shape index (κ2) is 4.19. The van der Waals surface area contributed by atoms with E-state index in [4.69, 9.17) is 0 Å². The van der Waals surface area contributed by atoms with Crippen LogP contribution in [-0.2, 0) is 6.42 Å². The van der Waals surface area contributed by atoms with Crippen molar-refractivity contribution in [1.82, 2.24) is 0 Å². The van der Waals surface area contributed by atoms with Crippen molar-refractivity contribution in [2.45, 2.75) is 38.7 Å². The van der Waals surface area contributed by atoms with Gasteiger partial charge in [-0.05, 0) is 52.7 Å². The second-order valence-electron chi connectivity index (χ2n) is 5.02. The molecule has 1 aromatic rings. The van der Waals surface area contributed by atoms with Gasteiger partial charge in [0.15, 0.2) is 0 Å². The molecule has 2 rings (SSSR count). The fourth-order valence-electron chi connectivity index (χ4n) is 2.30. The SMILES string of the molecule is CC(C)C1CC(O)(Cc2ccc(Br)s2)C1. The van der Waals surface area contributed by atoms with Crippen LogP contribution >= 0.6 is 27.3 Å². The highest BCUT2D eigenvalue weighted by molar-refractivity contribution is 9.11. The molecule has 0 radical (unpaired) electrons. The molecule has 1 fully saturated rings. The third-order valence-corrected chi connectivity index (χ3v) is 4.98. The Bertz CT molecular complexity index is 339. The predicted molar refractivity (Wildman–Crippen MR) is 68.2 cm³/mol. The first-order valence-electron chi connectivity index (χ1n) is 5.45. The van der Waals surface area contributed by atoms with E-state index in [1.54, 1.807) is 11.3 Å². The van der Waals surface area contributed by atoms with Gasteiger partial charge in [-0.15, -0.1) is 11.3 Å². The molecular weight excluding hydrogens is 272 g/mol. The Kier molecular flexibility index (Phi) is 3.25. The van der Waals surface area contributed by atoms with Gasteiger partial charge in [0.1, 0.15) is 0 Å². The summed E-state index contributed by atoms with van der Waals surface area (Å²) in [6.45, 7) is 4.48. The summed E-state index contributed by atoms with van der Waals surface area (Å²) < 4.78 is 1.15. The van der Waals surface area contributed by atoms with E-state index in [1.807, 2.05) is 0 Å². The molecule has 1 aliphatic carbocycles. The van der Waals surface area contributed by atoms with Gasteiger partial charge in [-0.25, -0.2) is 0 Å². The fourth-order valence-corrected chi connectivity index (χ4v) is 3.92. The highest BCUT2D eigenvalue weighted by Gasteiger charge is 2.43. The van der Waals surface area contributed by atoms with Gasteiger partial charge in [0, 0.05) is 11.3 Å². The van der Waals surface area contributed by atoms with Crippen molar-refractivity contribution >= 4 is 27.3 Å². The topological polar surface area (TPSA) is 20.2 Å². The minimum atomic E-state index is -0.417. The maximum atomic E-state index is 10.3. The quantitative estimate of drug-likeness (QED) is 0.896. The number of aliphatic hydroxyl groups is 1. The molecule has 0 saturated heterocycles. The van der Waals surface area contributed by atoms with Gasteiger partial charge in [-0.2, -0.15) is 0 Å². The molecule has 0 aromatic carbocycles. The third-order valence-electron chi connectivity index (χ3n) is 3.36. The van der Waals surface area contributed by atoms with Gasteiger partial charge in [0.25, 0.3) is 0 Å². The molecular formula is C12H17BrOS. The summed E-state index contributed by atoms with van der Waals surface area (Å²) in [6, 6.07) is 4.16. The molecule has 84 valence electrons. The summed E-state index contributed by atoms with van der Waals surface area (Å²) in [5.41, 5.74) is -0.417. The van der Waals surface area contributed by atoms with Crippen molar-refractivity contribution in [3.05, 3.63) is 20.8 Å². The van der Waals surface area contributed by atoms with Gasteiger partial charge >= 0.3 is 0 Å². The molecule has 1 N–H and O–H groups in total. The second-order valence-corrected chi connectivity index (χ2v) is 7.57. The Balaban J connectivity index is 1.91. The third kappa shape index (κ3) is 2.63. The molecule has 0 atom stereocenters. The van der Waals surface area contributed by atoms with Crippen LogP contribution in [-0.4, -0.2) is 10.7 Å². The van der Waals surface area contributed by atoms with Crippen molar-refractivity contribution < 1.29 is 5.11 Å². The summed E-state index contributed by atoms with van der Waals surface area (Å²) in [5, 5.41) is 10.3. The molecule has 3 heteroatoms. The Morgan fingerprint density at radius 2 is 2.20 bits per heavy atom. The van der Waals surface area contributed by atoms with Crippen LogP contribution in [0.4, 0.5) is 0 Å². The maximum Gasteiger partial charge on any atom is 0.0701 e. The Hall–Kier alpha value is 0.140. The van der Waals surface area contributed by atoms with Gasteiger partial charge in [-0.3, -0.25) is 0 Å². The summed E-state index contributed by atoms with van der Waals surface area (Å²) in [5.74, 6) is 1.43. The molecule has 1 heterocycles. The van der Waals surface area contributed by atoms with E-state index >= 15 is 0 Å². The molecule has 0 bridgehead atoms. The zero-order chi connectivity index (χ0) is 11.1. The first-order valence-corrected chi connectivity index (χ1v) is 7.06. The largest absolute Gasteiger partial charge is 0.389 e. The fraction of sp³-hybridized carbons (Fsp3) is 0.667. The number of thiophene rings is 1. The van der Waals surface area contributed by atoms with E-state index in [2.05, 4.69) is 41.9 Å². The smallest absolute Gasteiger partial charge is 0.0701 e. The number of hydrogen-bond donors (Lipinski definition) is 1. The molecule has 1 saturated carbocycles. The highest BCUT2D eigenvalue weighted by atomic mass is 79.9. The van der Waals surface area contributed by atoms with E-state index in [0.717, 1.165) is 29.0 Å². The van der Waals surface area contributed by atoms with Crippen LogP contribution in [0.2, 0.25) is 0 Å². The van der Waals surface area contributed by atoms with Crippen molar-refractivity contribution in [2.24, 2.45) is 11.8 Å². The van der Waals surface area contributed by atoms with E-state index in [-0.39, 0.29) is 0 Å². The molecule has 1 aliphatic rings. The van der Waals surface area contributed by atoms with Crippen LogP contribution in [0, 0.1) is 11.8 Å². The number of rotatable bonds is 3. The molecule has 15 heavy (non-hydrogen) atoms. The Morgan fingerprint density at radius 1 is 1.53 bits per heavy atom. The number of hydrogen-bond acceptors (Lipinski definition) is 2. The van der Waals surface area contributed by atoms with E-state index in [9.17, 15) is 5.11 Å². The minimum Gasteiger partial charge on any atom is -0.389 e. The minimum absolute atomic E-state index is 0.417. The molecule has 0 aliphatic heterocycles. The standard InChI is InChI=1S/C12H17BrOS/c1-8(2)9-5-12(14,6-9)7-10-3-4-11(13)15-10/h3-4,8-9,14H,5-7H2,1-2H3. The van der Waals surface area contributed by atoms with Crippen LogP contribution < -0.4 is 0 Å². The summed E-state index contributed by atoms with van der Waals surface area (Å²) in [7, 11) is 0. The summed E-state index contributed by atoms with van der Waals surface area (Å²) in [4.78, 5) is 1.28. The van der Waals surface area contributed by atoms with E-state index in [0.29, 0.717) is 5.92 Å². The van der Waals surface area contributed by atoms with Crippen molar-refractivity contribution in [1.29, 1.82) is 0 Å².